The number of amides is 4. The molecular formula is C17H29N5O8. The first-order chi connectivity index (χ1) is 13.8. The summed E-state index contributed by atoms with van der Waals surface area (Å²) >= 11 is 0. The number of nitrogens with one attached hydrogen (secondary N) is 3. The molecule has 0 fully saturated rings. The zero-order chi connectivity index (χ0) is 23.6. The van der Waals surface area contributed by atoms with Crippen molar-refractivity contribution >= 4 is 35.6 Å². The summed E-state index contributed by atoms with van der Waals surface area (Å²) in [5.74, 6) is -6.46. The van der Waals surface area contributed by atoms with Crippen molar-refractivity contribution < 1.29 is 39.0 Å². The first-order valence-electron chi connectivity index (χ1n) is 9.15. The van der Waals surface area contributed by atoms with E-state index in [1.807, 2.05) is 0 Å². The van der Waals surface area contributed by atoms with Gasteiger partial charge in [-0.05, 0) is 19.3 Å². The van der Waals surface area contributed by atoms with Crippen molar-refractivity contribution in [2.24, 2.45) is 17.4 Å². The highest BCUT2D eigenvalue weighted by Crippen LogP contribution is 2.06. The van der Waals surface area contributed by atoms with Crippen LogP contribution in [0.1, 0.15) is 40.0 Å². The maximum absolute atomic E-state index is 12.6. The van der Waals surface area contributed by atoms with Gasteiger partial charge in [-0.15, -0.1) is 0 Å². The van der Waals surface area contributed by atoms with Gasteiger partial charge in [0.15, 0.2) is 0 Å². The molecule has 4 amide bonds. The Labute approximate surface area is 172 Å². The van der Waals surface area contributed by atoms with Crippen molar-refractivity contribution in [3.05, 3.63) is 0 Å². The first kappa shape index (κ1) is 26.8. The maximum Gasteiger partial charge on any atom is 0.325 e. The summed E-state index contributed by atoms with van der Waals surface area (Å²) < 4.78 is 0. The van der Waals surface area contributed by atoms with Crippen LogP contribution in [0.15, 0.2) is 0 Å². The number of carboxylic acid groups (broad SMARTS) is 2. The van der Waals surface area contributed by atoms with Crippen LogP contribution in [0.5, 0.6) is 0 Å². The number of rotatable bonds is 13. The molecular weight excluding hydrogens is 402 g/mol. The van der Waals surface area contributed by atoms with Crippen molar-refractivity contribution in [3.63, 3.8) is 0 Å². The third kappa shape index (κ3) is 9.82. The van der Waals surface area contributed by atoms with Crippen LogP contribution in [0, 0.1) is 5.92 Å². The van der Waals surface area contributed by atoms with E-state index in [-0.39, 0.29) is 12.8 Å². The standard InChI is InChI=1S/C17H29N5O8/c1-7(2)13(22-14(26)9(18)4-5-11(19)23)16(28)21-10(6-12(24)25)15(27)20-8(3)17(29)30/h7-10,13H,4-6,18H2,1-3H3,(H2,19,23)(H,20,27)(H,21,28)(H,22,26)(H,24,25)(H,29,30). The number of carbonyl (C=O) groups excluding carboxylic acids is 4. The molecule has 0 saturated carbocycles. The Balaban J connectivity index is 5.26. The molecule has 0 aromatic carbocycles. The van der Waals surface area contributed by atoms with Crippen LogP contribution >= 0.6 is 0 Å². The fraction of sp³-hybridized carbons (Fsp3) is 0.647. The fourth-order valence-corrected chi connectivity index (χ4v) is 2.25. The van der Waals surface area contributed by atoms with Crippen molar-refractivity contribution in [1.29, 1.82) is 0 Å². The third-order valence-electron chi connectivity index (χ3n) is 4.03. The summed E-state index contributed by atoms with van der Waals surface area (Å²) in [6.07, 6.45) is -0.971. The van der Waals surface area contributed by atoms with Crippen LogP contribution in [0.3, 0.4) is 0 Å². The van der Waals surface area contributed by atoms with E-state index in [1.54, 1.807) is 13.8 Å². The predicted molar refractivity (Wildman–Crippen MR) is 103 cm³/mol. The summed E-state index contributed by atoms with van der Waals surface area (Å²) in [5.41, 5.74) is 10.7. The molecule has 0 aromatic heterocycles. The second-order valence-corrected chi connectivity index (χ2v) is 7.07. The Morgan fingerprint density at radius 3 is 1.87 bits per heavy atom. The van der Waals surface area contributed by atoms with E-state index < -0.39 is 72.1 Å². The molecule has 0 radical (unpaired) electrons. The summed E-state index contributed by atoms with van der Waals surface area (Å²) in [6.45, 7) is 4.36. The quantitative estimate of drug-likeness (QED) is 0.160. The molecule has 9 N–H and O–H groups in total. The molecule has 0 saturated heterocycles. The summed E-state index contributed by atoms with van der Waals surface area (Å²) in [4.78, 5) is 69.7. The molecule has 4 unspecified atom stereocenters. The second kappa shape index (κ2) is 12.4. The minimum Gasteiger partial charge on any atom is -0.481 e. The molecule has 0 spiro atoms. The second-order valence-electron chi connectivity index (χ2n) is 7.07. The van der Waals surface area contributed by atoms with E-state index in [0.29, 0.717) is 0 Å². The monoisotopic (exact) mass is 431 g/mol. The maximum atomic E-state index is 12.6. The first-order valence-corrected chi connectivity index (χ1v) is 9.15. The molecule has 30 heavy (non-hydrogen) atoms. The molecule has 0 aromatic rings. The predicted octanol–water partition coefficient (Wildman–Crippen LogP) is -2.73. The average Bonchev–Trinajstić information content (AvgIpc) is 2.62. The number of carbonyl (C=O) groups is 6. The summed E-state index contributed by atoms with van der Waals surface area (Å²) in [7, 11) is 0. The number of hydrogen-bond acceptors (Lipinski definition) is 7. The lowest BCUT2D eigenvalue weighted by Gasteiger charge is -2.26. The van der Waals surface area contributed by atoms with Crippen LogP contribution in [0.25, 0.3) is 0 Å². The van der Waals surface area contributed by atoms with Gasteiger partial charge in [0.2, 0.25) is 23.6 Å². The van der Waals surface area contributed by atoms with Gasteiger partial charge in [-0.2, -0.15) is 0 Å². The van der Waals surface area contributed by atoms with Gasteiger partial charge in [0.1, 0.15) is 18.1 Å². The van der Waals surface area contributed by atoms with Crippen LogP contribution < -0.4 is 27.4 Å². The number of aliphatic carboxylic acids is 2. The van der Waals surface area contributed by atoms with E-state index in [9.17, 15) is 28.8 Å². The number of hydrogen-bond donors (Lipinski definition) is 7. The van der Waals surface area contributed by atoms with Gasteiger partial charge < -0.3 is 37.6 Å². The van der Waals surface area contributed by atoms with Crippen LogP contribution in [0.4, 0.5) is 0 Å². The Hall–Kier alpha value is -3.22. The third-order valence-corrected chi connectivity index (χ3v) is 4.03. The van der Waals surface area contributed by atoms with Gasteiger partial charge in [-0.3, -0.25) is 28.8 Å². The number of primary amides is 1. The van der Waals surface area contributed by atoms with Crippen LogP contribution in [-0.4, -0.2) is 69.9 Å². The Kier molecular flexibility index (Phi) is 11.0. The van der Waals surface area contributed by atoms with Gasteiger partial charge in [0.05, 0.1) is 12.5 Å². The lowest BCUT2D eigenvalue weighted by atomic mass is 10.0. The average molecular weight is 431 g/mol. The molecule has 170 valence electrons. The van der Waals surface area contributed by atoms with Gasteiger partial charge in [0, 0.05) is 6.42 Å². The molecule has 0 rings (SSSR count). The van der Waals surface area contributed by atoms with Crippen molar-refractivity contribution in [3.8, 4) is 0 Å². The molecule has 13 nitrogen and oxygen atoms in total. The minimum absolute atomic E-state index is 0.0370. The molecule has 13 heteroatoms. The van der Waals surface area contributed by atoms with Gasteiger partial charge in [0.25, 0.3) is 0 Å². The van der Waals surface area contributed by atoms with Gasteiger partial charge in [-0.25, -0.2) is 0 Å². The highest BCUT2D eigenvalue weighted by atomic mass is 16.4. The molecule has 0 aliphatic heterocycles. The molecule has 0 aliphatic carbocycles. The van der Waals surface area contributed by atoms with E-state index in [4.69, 9.17) is 21.7 Å². The van der Waals surface area contributed by atoms with Crippen LogP contribution in [-0.2, 0) is 28.8 Å². The number of nitrogens with two attached hydrogens (primary N) is 2. The molecule has 4 atom stereocenters. The Morgan fingerprint density at radius 2 is 1.43 bits per heavy atom. The summed E-state index contributed by atoms with van der Waals surface area (Å²) in [6, 6.07) is -5.16. The normalized spacial score (nSPS) is 14.7. The topological polar surface area (TPSA) is 231 Å². The minimum atomic E-state index is -1.57. The smallest absolute Gasteiger partial charge is 0.325 e. The SMILES string of the molecule is CC(NC(=O)C(CC(=O)O)NC(=O)C(NC(=O)C(N)CCC(N)=O)C(C)C)C(=O)O. The van der Waals surface area contributed by atoms with E-state index in [2.05, 4.69) is 16.0 Å². The zero-order valence-electron chi connectivity index (χ0n) is 17.0. The van der Waals surface area contributed by atoms with Crippen molar-refractivity contribution in [2.45, 2.75) is 64.2 Å². The molecule has 0 aliphatic rings. The Morgan fingerprint density at radius 1 is 0.867 bits per heavy atom. The largest absolute Gasteiger partial charge is 0.481 e. The highest BCUT2D eigenvalue weighted by molar-refractivity contribution is 5.95. The lowest BCUT2D eigenvalue weighted by molar-refractivity contribution is -0.143. The van der Waals surface area contributed by atoms with Crippen molar-refractivity contribution in [2.75, 3.05) is 0 Å². The highest BCUT2D eigenvalue weighted by Gasteiger charge is 2.32. The lowest BCUT2D eigenvalue weighted by Crippen LogP contribution is -2.58. The van der Waals surface area contributed by atoms with E-state index >= 15 is 0 Å². The molecule has 0 bridgehead atoms. The summed E-state index contributed by atoms with van der Waals surface area (Å²) in [5, 5.41) is 24.5. The van der Waals surface area contributed by atoms with Gasteiger partial charge in [-0.1, -0.05) is 13.8 Å². The van der Waals surface area contributed by atoms with Crippen molar-refractivity contribution in [1.82, 2.24) is 16.0 Å². The number of carboxylic acids is 2. The molecule has 0 heterocycles. The zero-order valence-corrected chi connectivity index (χ0v) is 17.0. The van der Waals surface area contributed by atoms with E-state index in [0.717, 1.165) is 0 Å². The Bertz CT molecular complexity index is 681. The van der Waals surface area contributed by atoms with Crippen LogP contribution in [0.2, 0.25) is 0 Å². The fourth-order valence-electron chi connectivity index (χ4n) is 2.25. The van der Waals surface area contributed by atoms with E-state index in [1.165, 1.54) is 6.92 Å². The van der Waals surface area contributed by atoms with Gasteiger partial charge >= 0.3 is 11.9 Å².